The molecule has 2 aliphatic heterocycles. The van der Waals surface area contributed by atoms with Crippen LogP contribution in [0.5, 0.6) is 11.5 Å². The van der Waals surface area contributed by atoms with Gasteiger partial charge in [-0.05, 0) is 25.0 Å². The second kappa shape index (κ2) is 6.32. The van der Waals surface area contributed by atoms with E-state index in [1.54, 1.807) is 18.2 Å². The number of nitrogens with one attached hydrogen (secondary N) is 1. The van der Waals surface area contributed by atoms with Gasteiger partial charge in [-0.2, -0.15) is 0 Å². The zero-order valence-corrected chi connectivity index (χ0v) is 13.9. The molecule has 0 atom stereocenters. The number of imide groups is 2. The maximum Gasteiger partial charge on any atom is 0.334 e. The molecule has 1 saturated carbocycles. The van der Waals surface area contributed by atoms with Gasteiger partial charge >= 0.3 is 17.8 Å². The third kappa shape index (κ3) is 2.75. The van der Waals surface area contributed by atoms with Crippen molar-refractivity contribution in [2.45, 2.75) is 31.7 Å². The van der Waals surface area contributed by atoms with Gasteiger partial charge in [-0.15, -0.1) is 0 Å². The lowest BCUT2D eigenvalue weighted by atomic mass is 10.2. The molecule has 26 heavy (non-hydrogen) atoms. The molecule has 1 aromatic rings. The number of hydrogen-bond donors (Lipinski definition) is 1. The van der Waals surface area contributed by atoms with Crippen LogP contribution in [0.15, 0.2) is 18.2 Å². The van der Waals surface area contributed by atoms with Crippen molar-refractivity contribution < 1.29 is 28.7 Å². The van der Waals surface area contributed by atoms with Gasteiger partial charge in [0.25, 0.3) is 0 Å². The number of ether oxygens (including phenoxy) is 2. The fraction of sp³-hybridized carbons (Fsp3) is 0.412. The summed E-state index contributed by atoms with van der Waals surface area (Å²) in [6.07, 6.45) is 3.23. The molecule has 1 saturated heterocycles. The first-order valence-electron chi connectivity index (χ1n) is 8.43. The van der Waals surface area contributed by atoms with E-state index in [-0.39, 0.29) is 12.8 Å². The molecule has 0 radical (unpaired) electrons. The molecular formula is C17H17N3O6. The Labute approximate surface area is 148 Å². The van der Waals surface area contributed by atoms with Crippen molar-refractivity contribution in [2.75, 3.05) is 18.7 Å². The standard InChI is InChI=1S/C17H17N3O6/c21-14(18-10-5-6-12-13(7-10)26-9-25-12)8-19-15(22)16(23)20(17(19)24)11-3-1-2-4-11/h5-7,11H,1-4,8-9H2,(H,18,21). The molecule has 9 nitrogen and oxygen atoms in total. The van der Waals surface area contributed by atoms with Crippen molar-refractivity contribution in [3.8, 4) is 11.5 Å². The Balaban J connectivity index is 1.43. The van der Waals surface area contributed by atoms with Gasteiger partial charge in [0.2, 0.25) is 12.7 Å². The van der Waals surface area contributed by atoms with Crippen LogP contribution in [0.2, 0.25) is 0 Å². The molecular weight excluding hydrogens is 342 g/mol. The summed E-state index contributed by atoms with van der Waals surface area (Å²) in [5.41, 5.74) is 0.442. The Morgan fingerprint density at radius 1 is 1.08 bits per heavy atom. The van der Waals surface area contributed by atoms with Crippen LogP contribution in [0.25, 0.3) is 0 Å². The first kappa shape index (κ1) is 16.4. The minimum Gasteiger partial charge on any atom is -0.454 e. The number of nitrogens with zero attached hydrogens (tertiary/aromatic N) is 2. The van der Waals surface area contributed by atoms with E-state index in [2.05, 4.69) is 5.32 Å². The number of carbonyl (C=O) groups excluding carboxylic acids is 4. The van der Waals surface area contributed by atoms with E-state index in [9.17, 15) is 19.2 Å². The molecule has 3 aliphatic rings. The van der Waals surface area contributed by atoms with Gasteiger partial charge in [-0.25, -0.2) is 9.69 Å². The fourth-order valence-electron chi connectivity index (χ4n) is 3.46. The minimum absolute atomic E-state index is 0.114. The van der Waals surface area contributed by atoms with Crippen LogP contribution in [-0.4, -0.2) is 52.9 Å². The summed E-state index contributed by atoms with van der Waals surface area (Å²) in [6, 6.07) is 3.89. The van der Waals surface area contributed by atoms with E-state index in [1.807, 2.05) is 0 Å². The van der Waals surface area contributed by atoms with E-state index in [0.717, 1.165) is 17.7 Å². The Morgan fingerprint density at radius 2 is 1.81 bits per heavy atom. The smallest absolute Gasteiger partial charge is 0.334 e. The monoisotopic (exact) mass is 359 g/mol. The molecule has 1 aromatic carbocycles. The Bertz CT molecular complexity index is 802. The number of hydrogen-bond acceptors (Lipinski definition) is 6. The summed E-state index contributed by atoms with van der Waals surface area (Å²) in [5, 5.41) is 2.59. The Kier molecular flexibility index (Phi) is 3.98. The van der Waals surface area contributed by atoms with Gasteiger partial charge in [0, 0.05) is 17.8 Å². The predicted molar refractivity (Wildman–Crippen MR) is 87.4 cm³/mol. The molecule has 0 spiro atoms. The normalized spacial score (nSPS) is 19.6. The molecule has 2 heterocycles. The molecule has 136 valence electrons. The average molecular weight is 359 g/mol. The van der Waals surface area contributed by atoms with Crippen LogP contribution in [-0.2, 0) is 14.4 Å². The molecule has 1 N–H and O–H groups in total. The highest BCUT2D eigenvalue weighted by Crippen LogP contribution is 2.34. The van der Waals surface area contributed by atoms with Gasteiger partial charge in [-0.3, -0.25) is 19.3 Å². The van der Waals surface area contributed by atoms with Crippen molar-refractivity contribution in [2.24, 2.45) is 0 Å². The first-order valence-corrected chi connectivity index (χ1v) is 8.43. The van der Waals surface area contributed by atoms with E-state index in [1.165, 1.54) is 0 Å². The molecule has 1 aliphatic carbocycles. The minimum atomic E-state index is -0.956. The van der Waals surface area contributed by atoms with Gasteiger partial charge < -0.3 is 14.8 Å². The molecule has 5 amide bonds. The summed E-state index contributed by atoms with van der Waals surface area (Å²) in [7, 11) is 0. The van der Waals surface area contributed by atoms with Crippen molar-refractivity contribution in [3.63, 3.8) is 0 Å². The van der Waals surface area contributed by atoms with Crippen LogP contribution in [0.3, 0.4) is 0 Å². The van der Waals surface area contributed by atoms with Gasteiger partial charge in [0.05, 0.1) is 0 Å². The second-order valence-electron chi connectivity index (χ2n) is 6.40. The average Bonchev–Trinajstić information content (AvgIpc) is 3.33. The third-order valence-corrected chi connectivity index (χ3v) is 4.73. The molecule has 9 heteroatoms. The van der Waals surface area contributed by atoms with Crippen molar-refractivity contribution in [3.05, 3.63) is 18.2 Å². The highest BCUT2D eigenvalue weighted by molar-refractivity contribution is 6.45. The molecule has 0 aromatic heterocycles. The Morgan fingerprint density at radius 3 is 2.58 bits per heavy atom. The lowest BCUT2D eigenvalue weighted by Crippen LogP contribution is -2.41. The van der Waals surface area contributed by atoms with Crippen LogP contribution in [0, 0.1) is 0 Å². The summed E-state index contributed by atoms with van der Waals surface area (Å²) in [4.78, 5) is 50.6. The quantitative estimate of drug-likeness (QED) is 0.637. The van der Waals surface area contributed by atoms with Gasteiger partial charge in [0.1, 0.15) is 6.54 Å². The lowest BCUT2D eigenvalue weighted by molar-refractivity contribution is -0.144. The van der Waals surface area contributed by atoms with E-state index in [4.69, 9.17) is 9.47 Å². The molecule has 0 unspecified atom stereocenters. The molecule has 2 fully saturated rings. The highest BCUT2D eigenvalue weighted by Gasteiger charge is 2.48. The number of fused-ring (bicyclic) bond motifs is 1. The van der Waals surface area contributed by atoms with Gasteiger partial charge in [-0.1, -0.05) is 12.8 Å². The number of carbonyl (C=O) groups is 4. The third-order valence-electron chi connectivity index (χ3n) is 4.73. The van der Waals surface area contributed by atoms with Crippen LogP contribution in [0.1, 0.15) is 25.7 Å². The van der Waals surface area contributed by atoms with Gasteiger partial charge in [0.15, 0.2) is 11.5 Å². The fourth-order valence-corrected chi connectivity index (χ4v) is 3.46. The number of amides is 5. The first-order chi connectivity index (χ1) is 12.5. The van der Waals surface area contributed by atoms with Crippen molar-refractivity contribution >= 4 is 29.4 Å². The van der Waals surface area contributed by atoms with Crippen LogP contribution < -0.4 is 14.8 Å². The second-order valence-corrected chi connectivity index (χ2v) is 6.40. The summed E-state index contributed by atoms with van der Waals surface area (Å²) < 4.78 is 10.4. The van der Waals surface area contributed by atoms with E-state index in [0.29, 0.717) is 34.9 Å². The number of anilines is 1. The van der Waals surface area contributed by atoms with Crippen LogP contribution >= 0.6 is 0 Å². The summed E-state index contributed by atoms with van der Waals surface area (Å²) >= 11 is 0. The van der Waals surface area contributed by atoms with E-state index >= 15 is 0 Å². The molecule has 0 bridgehead atoms. The maximum atomic E-state index is 12.4. The number of urea groups is 1. The topological polar surface area (TPSA) is 105 Å². The predicted octanol–water partition coefficient (Wildman–Crippen LogP) is 1.09. The van der Waals surface area contributed by atoms with Crippen LogP contribution in [0.4, 0.5) is 10.5 Å². The van der Waals surface area contributed by atoms with E-state index < -0.39 is 30.3 Å². The lowest BCUT2D eigenvalue weighted by Gasteiger charge is -2.20. The largest absolute Gasteiger partial charge is 0.454 e. The summed E-state index contributed by atoms with van der Waals surface area (Å²) in [6.45, 7) is -0.399. The zero-order chi connectivity index (χ0) is 18.3. The van der Waals surface area contributed by atoms with Crippen molar-refractivity contribution in [1.29, 1.82) is 0 Å². The van der Waals surface area contributed by atoms with Crippen molar-refractivity contribution in [1.82, 2.24) is 9.80 Å². The zero-order valence-electron chi connectivity index (χ0n) is 13.9. The molecule has 4 rings (SSSR count). The number of benzene rings is 1. The maximum absolute atomic E-state index is 12.4. The SMILES string of the molecule is O=C(CN1C(=O)C(=O)N(C2CCCC2)C1=O)Nc1ccc2c(c1)OCO2. The highest BCUT2D eigenvalue weighted by atomic mass is 16.7. The number of rotatable bonds is 4. The summed E-state index contributed by atoms with van der Waals surface area (Å²) in [5.74, 6) is -1.31. The Hall–Kier alpha value is -3.10.